The van der Waals surface area contributed by atoms with E-state index in [1.165, 1.54) is 10.4 Å². The lowest BCUT2D eigenvalue weighted by Gasteiger charge is -2.17. The Kier molecular flexibility index (Phi) is 5.23. The Bertz CT molecular complexity index is 393. The number of hydrogen-bond acceptors (Lipinski definition) is 5. The van der Waals surface area contributed by atoms with Gasteiger partial charge >= 0.3 is 0 Å². The van der Waals surface area contributed by atoms with Crippen LogP contribution in [0.25, 0.3) is 10.4 Å². The zero-order chi connectivity index (χ0) is 12.0. The Balaban J connectivity index is 0.000000221. The molecule has 1 heterocycles. The van der Waals surface area contributed by atoms with Gasteiger partial charge in [-0.2, -0.15) is 0 Å². The van der Waals surface area contributed by atoms with Crippen molar-refractivity contribution < 1.29 is 28.9 Å². The highest BCUT2D eigenvalue weighted by atomic mass is 35.7. The minimum Gasteiger partial charge on any atom is -0.222 e. The van der Waals surface area contributed by atoms with E-state index in [9.17, 15) is 0 Å². The van der Waals surface area contributed by atoms with Crippen molar-refractivity contribution in [2.24, 2.45) is 0 Å². The summed E-state index contributed by atoms with van der Waals surface area (Å²) in [6.45, 7) is 0. The molecular formula is C9H7ClO4S2. The third-order valence-electron chi connectivity index (χ3n) is 1.47. The normalized spacial score (nSPS) is 10.5. The molecule has 0 saturated carbocycles. The SMILES string of the molecule is [O-][Cl+3]([O-])([O-])[O-].c1ccc(-c2cc[s+]s2)cc1. The smallest absolute Gasteiger partial charge is 0.222 e. The molecule has 0 amide bonds. The van der Waals surface area contributed by atoms with Gasteiger partial charge in [-0.3, -0.25) is 0 Å². The van der Waals surface area contributed by atoms with Crippen LogP contribution < -0.4 is 18.6 Å². The summed E-state index contributed by atoms with van der Waals surface area (Å²) in [5, 5.41) is 2.12. The first kappa shape index (κ1) is 13.5. The summed E-state index contributed by atoms with van der Waals surface area (Å²) in [4.78, 5) is 1.36. The van der Waals surface area contributed by atoms with Crippen molar-refractivity contribution >= 4 is 20.7 Å². The third kappa shape index (κ3) is 6.09. The van der Waals surface area contributed by atoms with E-state index in [2.05, 4.69) is 35.7 Å². The lowest BCUT2D eigenvalue weighted by Crippen LogP contribution is -2.68. The molecule has 0 radical (unpaired) electrons. The molecule has 0 spiro atoms. The van der Waals surface area contributed by atoms with Gasteiger partial charge in [0.1, 0.15) is 0 Å². The van der Waals surface area contributed by atoms with Crippen LogP contribution in [0.2, 0.25) is 0 Å². The molecule has 1 aromatic heterocycles. The van der Waals surface area contributed by atoms with Crippen LogP contribution in [-0.4, -0.2) is 0 Å². The van der Waals surface area contributed by atoms with Gasteiger partial charge in [-0.1, -0.05) is 30.3 Å². The molecule has 4 nitrogen and oxygen atoms in total. The number of benzene rings is 1. The average molecular weight is 279 g/mol. The van der Waals surface area contributed by atoms with E-state index in [1.807, 2.05) is 16.4 Å². The number of halogens is 1. The summed E-state index contributed by atoms with van der Waals surface area (Å²) in [5.41, 5.74) is 1.32. The van der Waals surface area contributed by atoms with Crippen LogP contribution in [0.3, 0.4) is 0 Å². The van der Waals surface area contributed by atoms with E-state index in [0.29, 0.717) is 0 Å². The predicted molar refractivity (Wildman–Crippen MR) is 52.0 cm³/mol. The first-order chi connectivity index (χ1) is 7.47. The van der Waals surface area contributed by atoms with Gasteiger partial charge in [-0.25, -0.2) is 18.6 Å². The minimum atomic E-state index is -4.94. The van der Waals surface area contributed by atoms with E-state index in [1.54, 1.807) is 10.3 Å². The highest BCUT2D eigenvalue weighted by molar-refractivity contribution is 7.70. The van der Waals surface area contributed by atoms with E-state index in [4.69, 9.17) is 18.6 Å². The van der Waals surface area contributed by atoms with Crippen molar-refractivity contribution in [2.45, 2.75) is 0 Å². The number of hydrogen-bond donors (Lipinski definition) is 0. The van der Waals surface area contributed by atoms with Crippen LogP contribution in [0.4, 0.5) is 0 Å². The second kappa shape index (κ2) is 6.21. The maximum atomic E-state index is 8.49. The van der Waals surface area contributed by atoms with Crippen LogP contribution in [0, 0.1) is 10.2 Å². The van der Waals surface area contributed by atoms with Gasteiger partial charge in [-0.15, -0.1) is 10.2 Å². The molecule has 0 bridgehead atoms. The lowest BCUT2D eigenvalue weighted by molar-refractivity contribution is -2.00. The quantitative estimate of drug-likeness (QED) is 0.494. The Morgan fingerprint density at radius 2 is 1.50 bits per heavy atom. The molecule has 0 N–H and O–H groups in total. The van der Waals surface area contributed by atoms with Crippen molar-refractivity contribution in [3.63, 3.8) is 0 Å². The van der Waals surface area contributed by atoms with Crippen molar-refractivity contribution in [3.8, 4) is 10.4 Å². The summed E-state index contributed by atoms with van der Waals surface area (Å²) in [6, 6.07) is 12.6. The topological polar surface area (TPSA) is 92.2 Å². The van der Waals surface area contributed by atoms with Crippen molar-refractivity contribution in [1.82, 2.24) is 0 Å². The largest absolute Gasteiger partial charge is 0.292 e. The van der Waals surface area contributed by atoms with Gasteiger partial charge in [-0.05, 0) is 5.56 Å². The molecule has 0 aliphatic rings. The summed E-state index contributed by atoms with van der Waals surface area (Å²) >= 11 is 0. The first-order valence-corrected chi connectivity index (χ1v) is 7.45. The monoisotopic (exact) mass is 278 g/mol. The fourth-order valence-electron chi connectivity index (χ4n) is 0.944. The third-order valence-corrected chi connectivity index (χ3v) is 3.53. The van der Waals surface area contributed by atoms with Gasteiger partial charge in [0.2, 0.25) is 5.38 Å². The Morgan fingerprint density at radius 3 is 1.94 bits per heavy atom. The summed E-state index contributed by atoms with van der Waals surface area (Å²) in [7, 11) is -1.35. The van der Waals surface area contributed by atoms with Crippen molar-refractivity contribution in [3.05, 3.63) is 41.8 Å². The van der Waals surface area contributed by atoms with E-state index < -0.39 is 10.2 Å². The zero-order valence-corrected chi connectivity index (χ0v) is 10.3. The fourth-order valence-corrected chi connectivity index (χ4v) is 2.84. The molecule has 0 atom stereocenters. The molecular weight excluding hydrogens is 272 g/mol. The Hall–Kier alpha value is -0.600. The predicted octanol–water partition coefficient (Wildman–Crippen LogP) is -0.998. The second-order valence-electron chi connectivity index (χ2n) is 2.59. The van der Waals surface area contributed by atoms with Gasteiger partial charge < -0.3 is 0 Å². The van der Waals surface area contributed by atoms with Crippen LogP contribution >= 0.6 is 20.7 Å². The molecule has 2 aromatic rings. The maximum absolute atomic E-state index is 8.49. The summed E-state index contributed by atoms with van der Waals surface area (Å²) < 4.78 is 34.0. The molecule has 0 unspecified atom stereocenters. The molecule has 16 heavy (non-hydrogen) atoms. The van der Waals surface area contributed by atoms with E-state index in [-0.39, 0.29) is 0 Å². The average Bonchev–Trinajstić information content (AvgIpc) is 2.69. The minimum absolute atomic E-state index is 1.32. The second-order valence-corrected chi connectivity index (χ2v) is 5.49. The van der Waals surface area contributed by atoms with Crippen molar-refractivity contribution in [2.75, 3.05) is 0 Å². The summed E-state index contributed by atoms with van der Waals surface area (Å²) in [5.74, 6) is 0. The molecule has 0 aliphatic heterocycles. The molecule has 0 fully saturated rings. The highest BCUT2D eigenvalue weighted by Crippen LogP contribution is 2.26. The van der Waals surface area contributed by atoms with Gasteiger partial charge in [0.25, 0.3) is 10.3 Å². The van der Waals surface area contributed by atoms with Crippen LogP contribution in [0.15, 0.2) is 41.8 Å². The van der Waals surface area contributed by atoms with Crippen LogP contribution in [0.5, 0.6) is 0 Å². The molecule has 0 aliphatic carbocycles. The van der Waals surface area contributed by atoms with Gasteiger partial charge in [0.05, 0.1) is 4.88 Å². The van der Waals surface area contributed by atoms with Crippen LogP contribution in [0.1, 0.15) is 0 Å². The van der Waals surface area contributed by atoms with E-state index in [0.717, 1.165) is 0 Å². The number of rotatable bonds is 1. The molecule has 86 valence electrons. The maximum Gasteiger partial charge on any atom is 0.292 e. The van der Waals surface area contributed by atoms with Gasteiger partial charge in [0.15, 0.2) is 10.3 Å². The Morgan fingerprint density at radius 1 is 0.938 bits per heavy atom. The van der Waals surface area contributed by atoms with Crippen LogP contribution in [-0.2, 0) is 0 Å². The van der Waals surface area contributed by atoms with Gasteiger partial charge in [0, 0.05) is 6.07 Å². The zero-order valence-electron chi connectivity index (χ0n) is 7.87. The highest BCUT2D eigenvalue weighted by Gasteiger charge is 2.03. The Labute approximate surface area is 102 Å². The molecule has 2 rings (SSSR count). The first-order valence-electron chi connectivity index (χ1n) is 4.01. The van der Waals surface area contributed by atoms with Crippen molar-refractivity contribution in [1.29, 1.82) is 0 Å². The molecule has 7 heteroatoms. The molecule has 1 aromatic carbocycles. The fraction of sp³-hybridized carbons (Fsp3) is 0. The standard InChI is InChI=1S/C9H7S2.ClHO4/c1-2-4-8(5-3-1)9-6-7-10-11-9;2-1(3,4)5/h1-7H;(H,2,3,4,5)/q+1;/p-1. The van der Waals surface area contributed by atoms with E-state index >= 15 is 0 Å². The molecule has 0 saturated heterocycles. The lowest BCUT2D eigenvalue weighted by atomic mass is 10.2. The summed E-state index contributed by atoms with van der Waals surface area (Å²) in [6.07, 6.45) is 0.